The van der Waals surface area contributed by atoms with Gasteiger partial charge in [-0.2, -0.15) is 15.1 Å². The molecule has 2 aliphatic heterocycles. The van der Waals surface area contributed by atoms with E-state index in [-0.39, 0.29) is 0 Å². The van der Waals surface area contributed by atoms with Crippen LogP contribution in [0.1, 0.15) is 36.8 Å². The number of rotatable bonds is 9. The first kappa shape index (κ1) is 24.3. The fourth-order valence-corrected chi connectivity index (χ4v) is 5.34. The van der Waals surface area contributed by atoms with Crippen LogP contribution in [0.25, 0.3) is 10.9 Å². The average Bonchev–Trinajstić information content (AvgIpc) is 3.71. The second-order valence-electron chi connectivity index (χ2n) is 10.1. The predicted octanol–water partition coefficient (Wildman–Crippen LogP) is 5.47. The zero-order chi connectivity index (χ0) is 25.7. The molecule has 2 aromatic heterocycles. The fourth-order valence-electron chi connectivity index (χ4n) is 5.34. The summed E-state index contributed by atoms with van der Waals surface area (Å²) in [6.07, 6.45) is 8.83. The molecule has 8 heteroatoms. The average molecular weight is 510 g/mol. The van der Waals surface area contributed by atoms with Gasteiger partial charge in [0.1, 0.15) is 18.2 Å². The third-order valence-electron chi connectivity index (χ3n) is 7.31. The topological polar surface area (TPSA) is 70.8 Å². The molecule has 6 rings (SSSR count). The molecule has 4 aromatic rings. The van der Waals surface area contributed by atoms with Crippen LogP contribution >= 0.6 is 0 Å². The van der Waals surface area contributed by atoms with Gasteiger partial charge in [0.2, 0.25) is 5.95 Å². The summed E-state index contributed by atoms with van der Waals surface area (Å²) in [6.45, 7) is 7.54. The van der Waals surface area contributed by atoms with Crippen molar-refractivity contribution in [3.05, 3.63) is 71.9 Å². The fraction of sp³-hybridized carbons (Fsp3) is 0.367. The van der Waals surface area contributed by atoms with E-state index in [9.17, 15) is 0 Å². The van der Waals surface area contributed by atoms with Crippen LogP contribution in [0.5, 0.6) is 5.75 Å². The number of hydrogen-bond donors (Lipinski definition) is 1. The number of nitrogens with one attached hydrogen (secondary N) is 1. The summed E-state index contributed by atoms with van der Waals surface area (Å²) in [5.74, 6) is 3.42. The molecular formula is C30H35N7O. The summed E-state index contributed by atoms with van der Waals surface area (Å²) in [4.78, 5) is 14.3. The van der Waals surface area contributed by atoms with Gasteiger partial charge in [0.25, 0.3) is 0 Å². The number of benzene rings is 2. The van der Waals surface area contributed by atoms with Gasteiger partial charge in [0.05, 0.1) is 12.8 Å². The Balaban J connectivity index is 1.19. The van der Waals surface area contributed by atoms with E-state index in [1.165, 1.54) is 31.2 Å². The van der Waals surface area contributed by atoms with E-state index in [1.807, 2.05) is 24.4 Å². The number of hydrogen-bond acceptors (Lipinski definition) is 7. The van der Waals surface area contributed by atoms with Crippen LogP contribution in [-0.2, 0) is 6.54 Å². The Morgan fingerprint density at radius 3 is 2.53 bits per heavy atom. The van der Waals surface area contributed by atoms with Crippen molar-refractivity contribution in [2.45, 2.75) is 39.2 Å². The second-order valence-corrected chi connectivity index (χ2v) is 10.1. The summed E-state index contributed by atoms with van der Waals surface area (Å²) in [7, 11) is 0. The summed E-state index contributed by atoms with van der Waals surface area (Å²) in [5, 5.41) is 5.76. The van der Waals surface area contributed by atoms with E-state index in [1.54, 1.807) is 0 Å². The molecule has 0 aliphatic carbocycles. The Labute approximate surface area is 224 Å². The molecule has 2 aromatic carbocycles. The molecule has 8 nitrogen and oxygen atoms in total. The minimum atomic E-state index is 0.594. The predicted molar refractivity (Wildman–Crippen MR) is 155 cm³/mol. The number of nitrogens with zero attached hydrogens (tertiary/aromatic N) is 6. The Kier molecular flexibility index (Phi) is 7.11. The minimum absolute atomic E-state index is 0.594. The highest BCUT2D eigenvalue weighted by atomic mass is 16.5. The molecular weight excluding hydrogens is 474 g/mol. The monoisotopic (exact) mass is 509 g/mol. The van der Waals surface area contributed by atoms with Crippen LogP contribution in [0.2, 0.25) is 0 Å². The number of ether oxygens (including phenoxy) is 1. The lowest BCUT2D eigenvalue weighted by Gasteiger charge is -2.21. The SMILES string of the molecule is Cc1cccc(OCCn2cc(C=NNc3cc(N4CCCC4)nc(N4CCCC4)n3)c3ccccc32)c1. The number of fused-ring (bicyclic) bond motifs is 1. The third kappa shape index (κ3) is 5.44. The van der Waals surface area contributed by atoms with Crippen LogP contribution in [0.4, 0.5) is 17.6 Å². The van der Waals surface area contributed by atoms with E-state index >= 15 is 0 Å². The number of hydrazone groups is 1. The van der Waals surface area contributed by atoms with Crippen molar-refractivity contribution in [2.75, 3.05) is 48.0 Å². The highest BCUT2D eigenvalue weighted by molar-refractivity contribution is 5.99. The van der Waals surface area contributed by atoms with Gasteiger partial charge in [-0.05, 0) is 56.4 Å². The maximum Gasteiger partial charge on any atom is 0.229 e. The summed E-state index contributed by atoms with van der Waals surface area (Å²) in [6, 6.07) is 18.6. The third-order valence-corrected chi connectivity index (χ3v) is 7.31. The summed E-state index contributed by atoms with van der Waals surface area (Å²) < 4.78 is 8.24. The smallest absolute Gasteiger partial charge is 0.229 e. The first-order chi connectivity index (χ1) is 18.7. The molecule has 2 fully saturated rings. The number of aromatic nitrogens is 3. The van der Waals surface area contributed by atoms with Crippen LogP contribution < -0.4 is 20.0 Å². The molecule has 0 unspecified atom stereocenters. The molecule has 0 radical (unpaired) electrons. The standard InChI is InChI=1S/C30H35N7O/c1-23-9-8-10-25(19-23)38-18-17-37-22-24(26-11-2-3-12-27(26)37)21-31-34-28-20-29(35-13-4-5-14-35)33-30(32-28)36-15-6-7-16-36/h2-3,8-12,19-22H,4-7,13-18H2,1H3,(H,32,33,34). The molecule has 38 heavy (non-hydrogen) atoms. The lowest BCUT2D eigenvalue weighted by Crippen LogP contribution is -2.24. The summed E-state index contributed by atoms with van der Waals surface area (Å²) >= 11 is 0. The maximum absolute atomic E-state index is 6.01. The Morgan fingerprint density at radius 2 is 1.71 bits per heavy atom. The van der Waals surface area contributed by atoms with Crippen molar-refractivity contribution in [2.24, 2.45) is 5.10 Å². The zero-order valence-corrected chi connectivity index (χ0v) is 22.0. The van der Waals surface area contributed by atoms with Gasteiger partial charge < -0.3 is 19.1 Å². The molecule has 2 saturated heterocycles. The van der Waals surface area contributed by atoms with E-state index in [2.05, 4.69) is 74.4 Å². The highest BCUT2D eigenvalue weighted by Crippen LogP contribution is 2.26. The molecule has 0 saturated carbocycles. The molecule has 0 atom stereocenters. The molecule has 0 spiro atoms. The van der Waals surface area contributed by atoms with Crippen molar-refractivity contribution >= 4 is 34.7 Å². The van der Waals surface area contributed by atoms with Gasteiger partial charge in [-0.3, -0.25) is 5.43 Å². The zero-order valence-electron chi connectivity index (χ0n) is 22.0. The van der Waals surface area contributed by atoms with Gasteiger partial charge in [-0.25, -0.2) is 0 Å². The van der Waals surface area contributed by atoms with Crippen LogP contribution in [0.15, 0.2) is 65.9 Å². The number of para-hydroxylation sites is 1. The normalized spacial score (nSPS) is 15.7. The van der Waals surface area contributed by atoms with Crippen molar-refractivity contribution in [1.82, 2.24) is 14.5 Å². The van der Waals surface area contributed by atoms with Gasteiger partial charge >= 0.3 is 0 Å². The lowest BCUT2D eigenvalue weighted by molar-refractivity contribution is 0.300. The van der Waals surface area contributed by atoms with Crippen LogP contribution in [0.3, 0.4) is 0 Å². The number of aryl methyl sites for hydroxylation is 1. The first-order valence-electron chi connectivity index (χ1n) is 13.7. The van der Waals surface area contributed by atoms with E-state index in [0.29, 0.717) is 6.61 Å². The van der Waals surface area contributed by atoms with Crippen molar-refractivity contribution in [1.29, 1.82) is 0 Å². The van der Waals surface area contributed by atoms with E-state index in [4.69, 9.17) is 14.7 Å². The van der Waals surface area contributed by atoms with Gasteiger partial charge in [-0.15, -0.1) is 0 Å². The Bertz CT molecular complexity index is 1380. The van der Waals surface area contributed by atoms with Crippen molar-refractivity contribution in [3.63, 3.8) is 0 Å². The Hall–Kier alpha value is -4.07. The molecule has 2 aliphatic rings. The van der Waals surface area contributed by atoms with Gasteiger partial charge in [0, 0.05) is 54.9 Å². The molecule has 0 amide bonds. The summed E-state index contributed by atoms with van der Waals surface area (Å²) in [5.41, 5.74) is 6.61. The quantitative estimate of drug-likeness (QED) is 0.239. The number of anilines is 3. The molecule has 0 bridgehead atoms. The minimum Gasteiger partial charge on any atom is -0.492 e. The second kappa shape index (κ2) is 11.1. The van der Waals surface area contributed by atoms with Gasteiger partial charge in [-0.1, -0.05) is 30.3 Å². The largest absolute Gasteiger partial charge is 0.492 e. The van der Waals surface area contributed by atoms with Crippen molar-refractivity contribution < 1.29 is 4.74 Å². The molecule has 1 N–H and O–H groups in total. The van der Waals surface area contributed by atoms with Gasteiger partial charge in [0.15, 0.2) is 5.82 Å². The highest BCUT2D eigenvalue weighted by Gasteiger charge is 2.20. The molecule has 196 valence electrons. The Morgan fingerprint density at radius 1 is 0.921 bits per heavy atom. The maximum atomic E-state index is 6.01. The van der Waals surface area contributed by atoms with Crippen LogP contribution in [-0.4, -0.2) is 53.5 Å². The molecule has 4 heterocycles. The van der Waals surface area contributed by atoms with E-state index < -0.39 is 0 Å². The van der Waals surface area contributed by atoms with Crippen LogP contribution in [0, 0.1) is 6.92 Å². The van der Waals surface area contributed by atoms with Crippen molar-refractivity contribution in [3.8, 4) is 5.75 Å². The lowest BCUT2D eigenvalue weighted by atomic mass is 10.2. The van der Waals surface area contributed by atoms with E-state index in [0.717, 1.165) is 72.5 Å². The first-order valence-corrected chi connectivity index (χ1v) is 13.7.